The van der Waals surface area contributed by atoms with Crippen LogP contribution in [0.3, 0.4) is 0 Å². The van der Waals surface area contributed by atoms with E-state index in [-0.39, 0.29) is 16.4 Å². The molecule has 3 rings (SSSR count). The molecule has 29 heavy (non-hydrogen) atoms. The number of halogens is 1. The number of rotatable bonds is 6. The molecule has 2 aromatic rings. The van der Waals surface area contributed by atoms with E-state index in [1.54, 1.807) is 31.3 Å². The van der Waals surface area contributed by atoms with Gasteiger partial charge >= 0.3 is 0 Å². The summed E-state index contributed by atoms with van der Waals surface area (Å²) in [6, 6.07) is 9.68. The molecule has 0 aliphatic carbocycles. The van der Waals surface area contributed by atoms with Crippen molar-refractivity contribution < 1.29 is 22.7 Å². The van der Waals surface area contributed by atoms with Crippen LogP contribution in [0.4, 0.5) is 5.69 Å². The summed E-state index contributed by atoms with van der Waals surface area (Å²) < 4.78 is 38.3. The van der Waals surface area contributed by atoms with Crippen molar-refractivity contribution in [3.8, 4) is 11.5 Å². The first-order valence-electron chi connectivity index (χ1n) is 9.09. The van der Waals surface area contributed by atoms with Gasteiger partial charge in [0, 0.05) is 36.4 Å². The van der Waals surface area contributed by atoms with E-state index in [1.165, 1.54) is 35.6 Å². The topological polar surface area (TPSA) is 76.2 Å². The van der Waals surface area contributed by atoms with E-state index in [9.17, 15) is 13.2 Å². The van der Waals surface area contributed by atoms with Gasteiger partial charge in [0.1, 0.15) is 0 Å². The second-order valence-corrected chi connectivity index (χ2v) is 9.45. The number of methoxy groups -OCH3 is 2. The molecule has 1 saturated heterocycles. The van der Waals surface area contributed by atoms with Crippen LogP contribution in [-0.4, -0.2) is 53.0 Å². The number of nitrogens with zero attached hydrogens (tertiary/aromatic N) is 2. The molecule has 1 amide bonds. The zero-order valence-corrected chi connectivity index (χ0v) is 18.9. The average Bonchev–Trinajstić information content (AvgIpc) is 3.28. The number of hydrogen-bond acceptors (Lipinski definition) is 5. The van der Waals surface area contributed by atoms with Crippen LogP contribution in [0.1, 0.15) is 23.2 Å². The van der Waals surface area contributed by atoms with Crippen LogP contribution in [0.2, 0.25) is 0 Å². The lowest BCUT2D eigenvalue weighted by molar-refractivity contribution is 0.0992. The van der Waals surface area contributed by atoms with Gasteiger partial charge in [0.15, 0.2) is 11.5 Å². The third kappa shape index (κ3) is 4.26. The van der Waals surface area contributed by atoms with Crippen LogP contribution in [0, 0.1) is 0 Å². The molecule has 0 radical (unpaired) electrons. The van der Waals surface area contributed by atoms with Crippen molar-refractivity contribution in [2.45, 2.75) is 17.7 Å². The summed E-state index contributed by atoms with van der Waals surface area (Å²) in [5.41, 5.74) is 0.856. The quantitative estimate of drug-likeness (QED) is 0.629. The molecule has 1 aliphatic rings. The van der Waals surface area contributed by atoms with E-state index in [1.807, 2.05) is 0 Å². The number of carbonyl (C=O) groups excluding carboxylic acids is 1. The molecule has 0 bridgehead atoms. The number of benzene rings is 2. The van der Waals surface area contributed by atoms with Crippen molar-refractivity contribution in [3.05, 3.63) is 46.4 Å². The first-order valence-corrected chi connectivity index (χ1v) is 11.3. The highest BCUT2D eigenvalue weighted by molar-refractivity contribution is 9.10. The highest BCUT2D eigenvalue weighted by atomic mass is 79.9. The number of ether oxygens (including phenoxy) is 2. The summed E-state index contributed by atoms with van der Waals surface area (Å²) in [4.78, 5) is 14.7. The fraction of sp³-hybridized carbons (Fsp3) is 0.350. The molecule has 1 heterocycles. The van der Waals surface area contributed by atoms with Gasteiger partial charge in [-0.25, -0.2) is 8.42 Å². The predicted molar refractivity (Wildman–Crippen MR) is 114 cm³/mol. The highest BCUT2D eigenvalue weighted by Gasteiger charge is 2.29. The van der Waals surface area contributed by atoms with E-state index in [2.05, 4.69) is 15.9 Å². The molecule has 1 aliphatic heterocycles. The van der Waals surface area contributed by atoms with Crippen LogP contribution in [-0.2, 0) is 10.0 Å². The van der Waals surface area contributed by atoms with Crippen LogP contribution >= 0.6 is 15.9 Å². The summed E-state index contributed by atoms with van der Waals surface area (Å²) in [5.74, 6) is 0.702. The van der Waals surface area contributed by atoms with Gasteiger partial charge in [-0.05, 0) is 59.1 Å². The Morgan fingerprint density at radius 2 is 1.69 bits per heavy atom. The SMILES string of the molecule is COc1ccc(N(C)C(=O)c2cc(S(=O)(=O)N3CCCC3)ccc2Br)cc1OC. The van der Waals surface area contributed by atoms with E-state index in [0.717, 1.165) is 12.8 Å². The number of hydrogen-bond donors (Lipinski definition) is 0. The zero-order valence-electron chi connectivity index (χ0n) is 16.5. The lowest BCUT2D eigenvalue weighted by Crippen LogP contribution is -2.29. The maximum Gasteiger partial charge on any atom is 0.259 e. The molecular formula is C20H23BrN2O5S. The van der Waals surface area contributed by atoms with Gasteiger partial charge in [0.25, 0.3) is 5.91 Å². The molecule has 2 aromatic carbocycles. The first-order chi connectivity index (χ1) is 13.8. The van der Waals surface area contributed by atoms with E-state index in [4.69, 9.17) is 9.47 Å². The minimum absolute atomic E-state index is 0.117. The Kier molecular flexibility index (Phi) is 6.50. The maximum absolute atomic E-state index is 13.1. The summed E-state index contributed by atoms with van der Waals surface area (Å²) >= 11 is 3.37. The molecule has 0 N–H and O–H groups in total. The molecule has 1 fully saturated rings. The Bertz CT molecular complexity index is 1020. The number of sulfonamides is 1. The van der Waals surface area contributed by atoms with Crippen LogP contribution in [0.15, 0.2) is 45.8 Å². The highest BCUT2D eigenvalue weighted by Crippen LogP contribution is 2.32. The van der Waals surface area contributed by atoms with E-state index in [0.29, 0.717) is 34.7 Å². The lowest BCUT2D eigenvalue weighted by atomic mass is 10.2. The van der Waals surface area contributed by atoms with Gasteiger partial charge in [0.2, 0.25) is 10.0 Å². The van der Waals surface area contributed by atoms with Crippen molar-refractivity contribution in [3.63, 3.8) is 0 Å². The second kappa shape index (κ2) is 8.73. The lowest BCUT2D eigenvalue weighted by Gasteiger charge is -2.21. The van der Waals surface area contributed by atoms with Crippen LogP contribution < -0.4 is 14.4 Å². The number of anilines is 1. The van der Waals surface area contributed by atoms with Gasteiger partial charge in [-0.2, -0.15) is 4.31 Å². The van der Waals surface area contributed by atoms with Gasteiger partial charge < -0.3 is 14.4 Å². The van der Waals surface area contributed by atoms with Crippen molar-refractivity contribution in [1.82, 2.24) is 4.31 Å². The number of carbonyl (C=O) groups is 1. The van der Waals surface area contributed by atoms with E-state index >= 15 is 0 Å². The van der Waals surface area contributed by atoms with Gasteiger partial charge in [-0.15, -0.1) is 0 Å². The van der Waals surface area contributed by atoms with Crippen molar-refractivity contribution in [1.29, 1.82) is 0 Å². The monoisotopic (exact) mass is 482 g/mol. The number of amides is 1. The molecule has 0 atom stereocenters. The van der Waals surface area contributed by atoms with Gasteiger partial charge in [-0.1, -0.05) is 0 Å². The van der Waals surface area contributed by atoms with Crippen molar-refractivity contribution >= 4 is 37.5 Å². The molecule has 9 heteroatoms. The average molecular weight is 483 g/mol. The zero-order chi connectivity index (χ0) is 21.2. The standard InChI is InChI=1S/C20H23BrN2O5S/c1-22(14-6-9-18(27-2)19(12-14)28-3)20(24)16-13-15(7-8-17(16)21)29(25,26)23-10-4-5-11-23/h6-9,12-13H,4-5,10-11H2,1-3H3. The summed E-state index contributed by atoms with van der Waals surface area (Å²) in [6.45, 7) is 1.01. The third-order valence-electron chi connectivity index (χ3n) is 4.93. The smallest absolute Gasteiger partial charge is 0.259 e. The van der Waals surface area contributed by atoms with Crippen LogP contribution in [0.5, 0.6) is 11.5 Å². The third-order valence-corrected chi connectivity index (χ3v) is 7.52. The van der Waals surface area contributed by atoms with Gasteiger partial charge in [-0.3, -0.25) is 4.79 Å². The normalized spacial score (nSPS) is 14.6. The fourth-order valence-corrected chi connectivity index (χ4v) is 5.20. The maximum atomic E-state index is 13.1. The van der Waals surface area contributed by atoms with Gasteiger partial charge in [0.05, 0.1) is 24.7 Å². The molecule has 0 saturated carbocycles. The fourth-order valence-electron chi connectivity index (χ4n) is 3.24. The van der Waals surface area contributed by atoms with Crippen LogP contribution in [0.25, 0.3) is 0 Å². The minimum atomic E-state index is -3.62. The minimum Gasteiger partial charge on any atom is -0.493 e. The van der Waals surface area contributed by atoms with E-state index < -0.39 is 10.0 Å². The molecule has 0 aromatic heterocycles. The summed E-state index contributed by atoms with van der Waals surface area (Å²) in [6.07, 6.45) is 1.70. The van der Waals surface area contributed by atoms with Crippen molar-refractivity contribution in [2.75, 3.05) is 39.3 Å². The summed E-state index contributed by atoms with van der Waals surface area (Å²) in [7, 11) is 1.06. The molecule has 156 valence electrons. The molecule has 0 unspecified atom stereocenters. The Hall–Kier alpha value is -2.10. The molecule has 0 spiro atoms. The molecule has 7 nitrogen and oxygen atoms in total. The summed E-state index contributed by atoms with van der Waals surface area (Å²) in [5, 5.41) is 0. The van der Waals surface area contributed by atoms with Crippen molar-refractivity contribution in [2.24, 2.45) is 0 Å². The predicted octanol–water partition coefficient (Wildman–Crippen LogP) is 3.53. The molecular weight excluding hydrogens is 460 g/mol. The second-order valence-electron chi connectivity index (χ2n) is 6.66. The largest absolute Gasteiger partial charge is 0.493 e. The Balaban J connectivity index is 1.94. The first kappa shape index (κ1) is 21.6. The Morgan fingerprint density at radius 1 is 1.03 bits per heavy atom. The Morgan fingerprint density at radius 3 is 2.31 bits per heavy atom. The Labute approximate surface area is 179 Å².